The molecule has 0 aliphatic carbocycles. The van der Waals surface area contributed by atoms with Gasteiger partial charge in [0.25, 0.3) is 5.91 Å². The van der Waals surface area contributed by atoms with Gasteiger partial charge < -0.3 is 14.8 Å². The van der Waals surface area contributed by atoms with E-state index in [-0.39, 0.29) is 36.8 Å². The monoisotopic (exact) mass is 493 g/mol. The number of carbonyl (C=O) groups excluding carboxylic acids is 4. The lowest BCUT2D eigenvalue weighted by Crippen LogP contribution is -2.50. The minimum absolute atomic E-state index is 0.125. The highest BCUT2D eigenvalue weighted by Gasteiger charge is 2.25. The van der Waals surface area contributed by atoms with Gasteiger partial charge in [0.05, 0.1) is 19.4 Å². The molecule has 0 radical (unpaired) electrons. The van der Waals surface area contributed by atoms with E-state index < -0.39 is 11.9 Å². The third kappa shape index (κ3) is 5.17. The second kappa shape index (κ2) is 10.4. The second-order valence-corrected chi connectivity index (χ2v) is 8.45. The third-order valence-electron chi connectivity index (χ3n) is 5.34. The molecule has 9 nitrogen and oxygen atoms in total. The van der Waals surface area contributed by atoms with E-state index in [1.54, 1.807) is 55.8 Å². The van der Waals surface area contributed by atoms with Crippen molar-refractivity contribution in [1.29, 1.82) is 0 Å². The number of ether oxygens (including phenoxy) is 2. The van der Waals surface area contributed by atoms with Crippen LogP contribution in [0.4, 0.5) is 10.7 Å². The molecule has 2 heterocycles. The molecule has 3 amide bonds. The minimum atomic E-state index is -0.537. The lowest BCUT2D eigenvalue weighted by Gasteiger charge is -2.27. The average molecular weight is 494 g/mol. The summed E-state index contributed by atoms with van der Waals surface area (Å²) in [5.41, 5.74) is 4.97. The Morgan fingerprint density at radius 2 is 1.77 bits per heavy atom. The fourth-order valence-corrected chi connectivity index (χ4v) is 4.51. The molecule has 2 aromatic carbocycles. The fraction of sp³-hybridized carbons (Fsp3) is 0.200. The normalized spacial score (nSPS) is 13.3. The van der Waals surface area contributed by atoms with Crippen LogP contribution >= 0.6 is 11.3 Å². The van der Waals surface area contributed by atoms with Crippen LogP contribution < -0.4 is 20.5 Å². The predicted octanol–water partition coefficient (Wildman–Crippen LogP) is 4.01. The Labute approximate surface area is 205 Å². The number of nitrogens with one attached hydrogen (secondary N) is 2. The highest BCUT2D eigenvalue weighted by atomic mass is 32.1. The van der Waals surface area contributed by atoms with Crippen molar-refractivity contribution in [3.8, 4) is 16.9 Å². The van der Waals surface area contributed by atoms with Gasteiger partial charge in [-0.2, -0.15) is 0 Å². The van der Waals surface area contributed by atoms with Gasteiger partial charge in [0, 0.05) is 29.3 Å². The number of hydrogen-bond donors (Lipinski definition) is 2. The van der Waals surface area contributed by atoms with Crippen molar-refractivity contribution in [3.63, 3.8) is 0 Å². The lowest BCUT2D eigenvalue weighted by molar-refractivity contribution is -0.130. The van der Waals surface area contributed by atoms with Gasteiger partial charge in [-0.1, -0.05) is 12.1 Å². The van der Waals surface area contributed by atoms with Crippen molar-refractivity contribution in [3.05, 3.63) is 65.0 Å². The van der Waals surface area contributed by atoms with Crippen LogP contribution in [-0.2, 0) is 14.3 Å². The Kier molecular flexibility index (Phi) is 7.11. The zero-order valence-electron chi connectivity index (χ0n) is 19.1. The van der Waals surface area contributed by atoms with Crippen LogP contribution in [0.25, 0.3) is 11.1 Å². The Hall–Kier alpha value is -4.18. The number of benzene rings is 2. The van der Waals surface area contributed by atoms with Gasteiger partial charge in [0.1, 0.15) is 16.3 Å². The van der Waals surface area contributed by atoms with Crippen molar-refractivity contribution in [2.45, 2.75) is 19.8 Å². The number of hydrogen-bond acceptors (Lipinski definition) is 7. The van der Waals surface area contributed by atoms with Gasteiger partial charge in [-0.15, -0.1) is 11.3 Å². The van der Waals surface area contributed by atoms with E-state index >= 15 is 0 Å². The zero-order valence-corrected chi connectivity index (χ0v) is 19.9. The summed E-state index contributed by atoms with van der Waals surface area (Å²) in [7, 11) is 1.57. The minimum Gasteiger partial charge on any atom is -0.497 e. The van der Waals surface area contributed by atoms with Crippen molar-refractivity contribution in [2.75, 3.05) is 24.0 Å². The molecule has 1 saturated heterocycles. The average Bonchev–Trinajstić information content (AvgIpc) is 3.29. The van der Waals surface area contributed by atoms with Crippen LogP contribution in [0.1, 0.15) is 40.5 Å². The summed E-state index contributed by atoms with van der Waals surface area (Å²) < 4.78 is 10.4. The second-order valence-electron chi connectivity index (χ2n) is 7.57. The van der Waals surface area contributed by atoms with E-state index in [0.29, 0.717) is 27.6 Å². The molecule has 0 unspecified atom stereocenters. The van der Waals surface area contributed by atoms with Crippen molar-refractivity contribution in [2.24, 2.45) is 0 Å². The molecule has 1 aliphatic heterocycles. The van der Waals surface area contributed by atoms with Gasteiger partial charge >= 0.3 is 5.97 Å². The number of hydrazine groups is 1. The maximum atomic E-state index is 13.0. The molecule has 1 aliphatic rings. The Bertz CT molecular complexity index is 1270. The van der Waals surface area contributed by atoms with Crippen LogP contribution in [-0.4, -0.2) is 37.4 Å². The summed E-state index contributed by atoms with van der Waals surface area (Å²) in [5.74, 6) is -0.762. The van der Waals surface area contributed by atoms with Crippen molar-refractivity contribution >= 4 is 45.7 Å². The van der Waals surface area contributed by atoms with E-state index in [0.717, 1.165) is 5.56 Å². The maximum absolute atomic E-state index is 13.0. The summed E-state index contributed by atoms with van der Waals surface area (Å²) >= 11 is 1.22. The van der Waals surface area contributed by atoms with Gasteiger partial charge in [-0.05, 0) is 48.9 Å². The summed E-state index contributed by atoms with van der Waals surface area (Å²) in [4.78, 5) is 49.5. The molecular weight excluding hydrogens is 470 g/mol. The molecule has 2 N–H and O–H groups in total. The highest BCUT2D eigenvalue weighted by molar-refractivity contribution is 7.15. The maximum Gasteiger partial charge on any atom is 0.341 e. The Balaban J connectivity index is 1.57. The first kappa shape index (κ1) is 24.0. The van der Waals surface area contributed by atoms with E-state index in [2.05, 4.69) is 10.7 Å². The topological polar surface area (TPSA) is 114 Å². The standard InChI is InChI=1S/C25H23N3O6S/c1-3-34-25(32)22-19(15-6-10-18(33-2)11-7-15)14-35-24(22)26-23(31)16-4-8-17(9-5-16)28-21(30)13-12-20(29)27-28/h4-11,14H,3,12-13H2,1-2H3,(H,26,31)(H,27,29). The molecule has 0 bridgehead atoms. The summed E-state index contributed by atoms with van der Waals surface area (Å²) in [6.07, 6.45) is 0.275. The molecule has 1 aromatic heterocycles. The van der Waals surface area contributed by atoms with E-state index in [1.165, 1.54) is 16.3 Å². The largest absolute Gasteiger partial charge is 0.497 e. The van der Waals surface area contributed by atoms with Crippen LogP contribution in [0.3, 0.4) is 0 Å². The van der Waals surface area contributed by atoms with Crippen molar-refractivity contribution < 1.29 is 28.7 Å². The van der Waals surface area contributed by atoms with E-state index in [1.807, 2.05) is 12.1 Å². The quantitative estimate of drug-likeness (QED) is 0.481. The number of carbonyl (C=O) groups is 4. The molecular formula is C25H23N3O6S. The molecule has 180 valence electrons. The van der Waals surface area contributed by atoms with Gasteiger partial charge in [-0.25, -0.2) is 9.80 Å². The van der Waals surface area contributed by atoms with Crippen LogP contribution in [0.2, 0.25) is 0 Å². The van der Waals surface area contributed by atoms with Crippen molar-refractivity contribution in [1.82, 2.24) is 5.43 Å². The van der Waals surface area contributed by atoms with Gasteiger partial charge in [-0.3, -0.25) is 19.8 Å². The summed E-state index contributed by atoms with van der Waals surface area (Å²) in [6.45, 7) is 1.91. The van der Waals surface area contributed by atoms with Crippen LogP contribution in [0, 0.1) is 0 Å². The molecule has 10 heteroatoms. The number of rotatable bonds is 7. The van der Waals surface area contributed by atoms with E-state index in [9.17, 15) is 19.2 Å². The number of esters is 1. The number of anilines is 2. The molecule has 35 heavy (non-hydrogen) atoms. The summed E-state index contributed by atoms with van der Waals surface area (Å²) in [5, 5.41) is 6.12. The first-order valence-corrected chi connectivity index (χ1v) is 11.8. The predicted molar refractivity (Wildman–Crippen MR) is 132 cm³/mol. The first-order chi connectivity index (χ1) is 16.9. The molecule has 0 spiro atoms. The molecule has 4 rings (SSSR count). The Morgan fingerprint density at radius 3 is 2.43 bits per heavy atom. The molecule has 3 aromatic rings. The summed E-state index contributed by atoms with van der Waals surface area (Å²) in [6, 6.07) is 13.5. The molecule has 0 saturated carbocycles. The number of methoxy groups -OCH3 is 1. The SMILES string of the molecule is CCOC(=O)c1c(-c2ccc(OC)cc2)csc1NC(=O)c1ccc(N2NC(=O)CCC2=O)cc1. The fourth-order valence-electron chi connectivity index (χ4n) is 3.56. The van der Waals surface area contributed by atoms with E-state index in [4.69, 9.17) is 9.47 Å². The van der Waals surface area contributed by atoms with Gasteiger partial charge in [0.15, 0.2) is 0 Å². The Morgan fingerprint density at radius 1 is 1.06 bits per heavy atom. The third-order valence-corrected chi connectivity index (χ3v) is 6.23. The lowest BCUT2D eigenvalue weighted by atomic mass is 10.0. The number of nitrogens with zero attached hydrogens (tertiary/aromatic N) is 1. The first-order valence-electron chi connectivity index (χ1n) is 10.9. The highest BCUT2D eigenvalue weighted by Crippen LogP contribution is 2.37. The number of amides is 3. The zero-order chi connectivity index (χ0) is 24.9. The molecule has 1 fully saturated rings. The van der Waals surface area contributed by atoms with Gasteiger partial charge in [0.2, 0.25) is 11.8 Å². The number of thiophene rings is 1. The van der Waals surface area contributed by atoms with Crippen LogP contribution in [0.5, 0.6) is 5.75 Å². The molecule has 0 atom stereocenters. The van der Waals surface area contributed by atoms with Crippen LogP contribution in [0.15, 0.2) is 53.9 Å². The smallest absolute Gasteiger partial charge is 0.341 e.